The molecule has 0 aliphatic carbocycles. The molecule has 1 aliphatic rings. The smallest absolute Gasteiger partial charge is 0.223 e. The molecule has 5 nitrogen and oxygen atoms in total. The van der Waals surface area contributed by atoms with Crippen LogP contribution in [-0.4, -0.2) is 61.9 Å². The maximum Gasteiger partial charge on any atom is 0.223 e. The second-order valence-electron chi connectivity index (χ2n) is 9.11. The number of aryl methyl sites for hydroxylation is 1. The first-order valence-corrected chi connectivity index (χ1v) is 10.5. The van der Waals surface area contributed by atoms with Gasteiger partial charge in [0.2, 0.25) is 11.8 Å². The Morgan fingerprint density at radius 2 is 1.79 bits per heavy atom. The van der Waals surface area contributed by atoms with Crippen molar-refractivity contribution in [2.24, 2.45) is 11.3 Å². The molecule has 1 fully saturated rings. The molecule has 1 aliphatic heterocycles. The zero-order valence-corrected chi connectivity index (χ0v) is 18.0. The molecule has 1 heterocycles. The predicted octanol–water partition coefficient (Wildman–Crippen LogP) is 2.95. The van der Waals surface area contributed by atoms with Gasteiger partial charge >= 0.3 is 0 Å². The highest BCUT2D eigenvalue weighted by molar-refractivity contribution is 5.80. The Kier molecular flexibility index (Phi) is 8.49. The predicted molar refractivity (Wildman–Crippen MR) is 114 cm³/mol. The van der Waals surface area contributed by atoms with Gasteiger partial charge in [0.1, 0.15) is 0 Å². The Morgan fingerprint density at radius 1 is 1.14 bits per heavy atom. The van der Waals surface area contributed by atoms with Crippen LogP contribution >= 0.6 is 0 Å². The lowest BCUT2D eigenvalue weighted by atomic mass is 9.91. The molecule has 28 heavy (non-hydrogen) atoms. The fourth-order valence-corrected chi connectivity index (χ4v) is 4.02. The van der Waals surface area contributed by atoms with Crippen LogP contribution in [0.1, 0.15) is 45.1 Å². The number of nitrogens with one attached hydrogen (secondary N) is 1. The van der Waals surface area contributed by atoms with Crippen LogP contribution in [0.15, 0.2) is 30.3 Å². The first-order valence-electron chi connectivity index (χ1n) is 10.5. The Balaban J connectivity index is 1.67. The molecule has 156 valence electrons. The number of carbonyl (C=O) groups is 2. The van der Waals surface area contributed by atoms with Crippen molar-refractivity contribution in [2.75, 3.05) is 40.3 Å². The average molecular weight is 388 g/mol. The maximum atomic E-state index is 12.5. The first-order chi connectivity index (χ1) is 13.3. The third kappa shape index (κ3) is 7.63. The monoisotopic (exact) mass is 387 g/mol. The number of carbonyl (C=O) groups excluding carboxylic acids is 2. The molecule has 0 saturated carbocycles. The topological polar surface area (TPSA) is 52.7 Å². The highest BCUT2D eigenvalue weighted by Gasteiger charge is 2.28. The summed E-state index contributed by atoms with van der Waals surface area (Å²) in [4.78, 5) is 29.0. The van der Waals surface area contributed by atoms with Crippen molar-refractivity contribution in [1.29, 1.82) is 0 Å². The van der Waals surface area contributed by atoms with Gasteiger partial charge in [-0.15, -0.1) is 0 Å². The fourth-order valence-electron chi connectivity index (χ4n) is 4.02. The van der Waals surface area contributed by atoms with Gasteiger partial charge in [0.05, 0.1) is 0 Å². The molecule has 0 radical (unpaired) electrons. The van der Waals surface area contributed by atoms with Crippen LogP contribution in [0.5, 0.6) is 0 Å². The number of rotatable bonds is 9. The second kappa shape index (κ2) is 10.6. The van der Waals surface area contributed by atoms with Crippen molar-refractivity contribution in [2.45, 2.75) is 46.0 Å². The Labute approximate surface area is 170 Å². The number of hydrogen-bond donors (Lipinski definition) is 1. The summed E-state index contributed by atoms with van der Waals surface area (Å²) >= 11 is 0. The lowest BCUT2D eigenvalue weighted by Crippen LogP contribution is -2.46. The van der Waals surface area contributed by atoms with Crippen LogP contribution in [-0.2, 0) is 16.0 Å². The first kappa shape index (κ1) is 22.4. The highest BCUT2D eigenvalue weighted by atomic mass is 16.2. The Morgan fingerprint density at radius 3 is 2.39 bits per heavy atom. The van der Waals surface area contributed by atoms with Gasteiger partial charge in [-0.1, -0.05) is 44.2 Å². The van der Waals surface area contributed by atoms with E-state index >= 15 is 0 Å². The van der Waals surface area contributed by atoms with Gasteiger partial charge in [-0.2, -0.15) is 0 Å². The van der Waals surface area contributed by atoms with E-state index in [1.807, 2.05) is 23.1 Å². The molecule has 0 atom stereocenters. The Bertz CT molecular complexity index is 620. The van der Waals surface area contributed by atoms with Crippen molar-refractivity contribution < 1.29 is 9.59 Å². The van der Waals surface area contributed by atoms with E-state index in [-0.39, 0.29) is 23.1 Å². The Hall–Kier alpha value is -1.88. The fraction of sp³-hybridized carbons (Fsp3) is 0.652. The van der Waals surface area contributed by atoms with E-state index in [1.165, 1.54) is 5.56 Å². The van der Waals surface area contributed by atoms with E-state index in [9.17, 15) is 9.59 Å². The standard InChI is InChI=1S/C23H37N3O2/c1-23(2,18-25(3)4)17-24-22(28)20-13-15-26(16-14-20)21(27)12-8-11-19-9-6-5-7-10-19/h5-7,9-10,20H,8,11-18H2,1-4H3,(H,24,28). The van der Waals surface area contributed by atoms with Crippen molar-refractivity contribution in [3.63, 3.8) is 0 Å². The summed E-state index contributed by atoms with van der Waals surface area (Å²) in [6.45, 7) is 7.35. The molecule has 1 aromatic rings. The number of amides is 2. The molecule has 2 amide bonds. The normalized spacial score (nSPS) is 15.7. The van der Waals surface area contributed by atoms with Crippen LogP contribution in [0.25, 0.3) is 0 Å². The molecule has 0 unspecified atom stereocenters. The minimum atomic E-state index is 0.0310. The zero-order valence-electron chi connectivity index (χ0n) is 18.0. The van der Waals surface area contributed by atoms with Crippen molar-refractivity contribution in [3.8, 4) is 0 Å². The van der Waals surface area contributed by atoms with E-state index in [2.05, 4.69) is 50.3 Å². The minimum absolute atomic E-state index is 0.0310. The number of hydrogen-bond acceptors (Lipinski definition) is 3. The molecule has 1 N–H and O–H groups in total. The molecule has 1 aromatic carbocycles. The van der Waals surface area contributed by atoms with Gasteiger partial charge in [-0.3, -0.25) is 9.59 Å². The van der Waals surface area contributed by atoms with Gasteiger partial charge < -0.3 is 15.1 Å². The summed E-state index contributed by atoms with van der Waals surface area (Å²) in [6, 6.07) is 10.3. The van der Waals surface area contributed by atoms with Crippen LogP contribution in [0.3, 0.4) is 0 Å². The lowest BCUT2D eigenvalue weighted by molar-refractivity contribution is -0.135. The summed E-state index contributed by atoms with van der Waals surface area (Å²) < 4.78 is 0. The second-order valence-corrected chi connectivity index (χ2v) is 9.11. The minimum Gasteiger partial charge on any atom is -0.355 e. The summed E-state index contributed by atoms with van der Waals surface area (Å²) in [6.07, 6.45) is 3.94. The van der Waals surface area contributed by atoms with Crippen molar-refractivity contribution in [3.05, 3.63) is 35.9 Å². The van der Waals surface area contributed by atoms with E-state index in [0.717, 1.165) is 32.2 Å². The number of piperidine rings is 1. The van der Waals surface area contributed by atoms with E-state index < -0.39 is 0 Å². The van der Waals surface area contributed by atoms with Crippen LogP contribution in [0, 0.1) is 11.3 Å². The van der Waals surface area contributed by atoms with E-state index in [0.29, 0.717) is 26.1 Å². The van der Waals surface area contributed by atoms with Gasteiger partial charge in [0, 0.05) is 38.5 Å². The van der Waals surface area contributed by atoms with Crippen LogP contribution in [0.4, 0.5) is 0 Å². The summed E-state index contributed by atoms with van der Waals surface area (Å²) in [5.41, 5.74) is 1.33. The van der Waals surface area contributed by atoms with Gasteiger partial charge in [0.25, 0.3) is 0 Å². The number of nitrogens with zero attached hydrogens (tertiary/aromatic N) is 2. The lowest BCUT2D eigenvalue weighted by Gasteiger charge is -2.33. The van der Waals surface area contributed by atoms with Crippen LogP contribution < -0.4 is 5.32 Å². The van der Waals surface area contributed by atoms with Gasteiger partial charge in [-0.05, 0) is 50.8 Å². The molecule has 0 aromatic heterocycles. The summed E-state index contributed by atoms with van der Waals surface area (Å²) in [5, 5.41) is 3.13. The largest absolute Gasteiger partial charge is 0.355 e. The van der Waals surface area contributed by atoms with Gasteiger partial charge in [-0.25, -0.2) is 0 Å². The molecule has 1 saturated heterocycles. The summed E-state index contributed by atoms with van der Waals surface area (Å²) in [5.74, 6) is 0.397. The quantitative estimate of drug-likeness (QED) is 0.709. The van der Waals surface area contributed by atoms with E-state index in [1.54, 1.807) is 0 Å². The zero-order chi connectivity index (χ0) is 20.6. The van der Waals surface area contributed by atoms with Crippen molar-refractivity contribution in [1.82, 2.24) is 15.1 Å². The van der Waals surface area contributed by atoms with Crippen molar-refractivity contribution >= 4 is 11.8 Å². The third-order valence-electron chi connectivity index (χ3n) is 5.40. The number of likely N-dealkylation sites (tertiary alicyclic amines) is 1. The number of benzene rings is 1. The molecule has 2 rings (SSSR count). The van der Waals surface area contributed by atoms with Gasteiger partial charge in [0.15, 0.2) is 0 Å². The highest BCUT2D eigenvalue weighted by Crippen LogP contribution is 2.20. The molecular formula is C23H37N3O2. The molecular weight excluding hydrogens is 350 g/mol. The third-order valence-corrected chi connectivity index (χ3v) is 5.40. The molecule has 0 bridgehead atoms. The SMILES string of the molecule is CN(C)CC(C)(C)CNC(=O)C1CCN(C(=O)CCCc2ccccc2)CC1. The maximum absolute atomic E-state index is 12.5. The van der Waals surface area contributed by atoms with E-state index in [4.69, 9.17) is 0 Å². The van der Waals surface area contributed by atoms with Crippen LogP contribution in [0.2, 0.25) is 0 Å². The molecule has 5 heteroatoms. The average Bonchev–Trinajstić information content (AvgIpc) is 2.66. The summed E-state index contributed by atoms with van der Waals surface area (Å²) in [7, 11) is 4.10. The molecule has 0 spiro atoms.